The van der Waals surface area contributed by atoms with Crippen LogP contribution in [0.2, 0.25) is 0 Å². The van der Waals surface area contributed by atoms with Gasteiger partial charge in [0.05, 0.1) is 0 Å². The zero-order chi connectivity index (χ0) is 15.2. The third-order valence-electron chi connectivity index (χ3n) is 5.17. The van der Waals surface area contributed by atoms with Crippen LogP contribution >= 0.6 is 0 Å². The highest BCUT2D eigenvalue weighted by Crippen LogP contribution is 2.56. The molecule has 0 N–H and O–H groups in total. The van der Waals surface area contributed by atoms with Crippen LogP contribution in [0.5, 0.6) is 0 Å². The van der Waals surface area contributed by atoms with Gasteiger partial charge in [-0.3, -0.25) is 0 Å². The van der Waals surface area contributed by atoms with Crippen molar-refractivity contribution < 1.29 is 4.39 Å². The highest BCUT2D eigenvalue weighted by atomic mass is 19.1. The minimum absolute atomic E-state index is 0.00899. The van der Waals surface area contributed by atoms with Gasteiger partial charge in [0.2, 0.25) is 0 Å². The van der Waals surface area contributed by atoms with E-state index in [1.54, 1.807) is 0 Å². The number of allylic oxidation sites excluding steroid dienone is 1. The van der Waals surface area contributed by atoms with E-state index in [-0.39, 0.29) is 11.2 Å². The molecule has 1 fully saturated rings. The zero-order valence-electron chi connectivity index (χ0n) is 12.4. The highest BCUT2D eigenvalue weighted by molar-refractivity contribution is 5.92. The number of rotatable bonds is 1. The Morgan fingerprint density at radius 3 is 2.32 bits per heavy atom. The Labute approximate surface area is 130 Å². The van der Waals surface area contributed by atoms with Crippen molar-refractivity contribution in [1.29, 1.82) is 0 Å². The van der Waals surface area contributed by atoms with Gasteiger partial charge < -0.3 is 0 Å². The third-order valence-corrected chi connectivity index (χ3v) is 5.17. The van der Waals surface area contributed by atoms with Crippen LogP contribution in [0, 0.1) is 18.2 Å². The van der Waals surface area contributed by atoms with Crippen molar-refractivity contribution in [3.05, 3.63) is 76.6 Å². The van der Waals surface area contributed by atoms with E-state index in [4.69, 9.17) is 6.42 Å². The summed E-state index contributed by atoms with van der Waals surface area (Å²) in [5.41, 5.74) is 5.84. The first-order valence-corrected chi connectivity index (χ1v) is 7.83. The molecule has 0 aliphatic heterocycles. The topological polar surface area (TPSA) is 0 Å². The van der Waals surface area contributed by atoms with Gasteiger partial charge in [0.1, 0.15) is 5.82 Å². The van der Waals surface area contributed by atoms with E-state index in [2.05, 4.69) is 30.2 Å². The van der Waals surface area contributed by atoms with Gasteiger partial charge in [-0.05, 0) is 41.7 Å². The SMILES string of the molecule is C#CC1=C(c2ccc(F)cc2)c2ccccc2C12CCCC2. The molecular weight excluding hydrogens is 271 g/mol. The van der Waals surface area contributed by atoms with Crippen molar-refractivity contribution in [2.45, 2.75) is 31.1 Å². The largest absolute Gasteiger partial charge is 0.207 e. The number of fused-ring (bicyclic) bond motifs is 2. The summed E-state index contributed by atoms with van der Waals surface area (Å²) in [6.07, 6.45) is 10.6. The standard InChI is InChI=1S/C21H17F/c1-2-18-20(15-9-11-16(22)12-10-15)17-7-3-4-8-19(17)21(18)13-5-6-14-21/h1,3-4,7-12H,5-6,13-14H2. The Hall–Kier alpha value is -2.33. The van der Waals surface area contributed by atoms with Crippen molar-refractivity contribution in [2.75, 3.05) is 0 Å². The molecule has 4 rings (SSSR count). The summed E-state index contributed by atoms with van der Waals surface area (Å²) in [4.78, 5) is 0. The van der Waals surface area contributed by atoms with E-state index < -0.39 is 0 Å². The van der Waals surface area contributed by atoms with Crippen LogP contribution in [0.3, 0.4) is 0 Å². The Bertz CT molecular complexity index is 797. The molecule has 2 aromatic rings. The van der Waals surface area contributed by atoms with Gasteiger partial charge in [0.25, 0.3) is 0 Å². The molecule has 1 heteroatoms. The van der Waals surface area contributed by atoms with Gasteiger partial charge in [-0.2, -0.15) is 0 Å². The Morgan fingerprint density at radius 1 is 0.955 bits per heavy atom. The molecule has 0 bridgehead atoms. The summed E-state index contributed by atoms with van der Waals surface area (Å²) >= 11 is 0. The van der Waals surface area contributed by atoms with Crippen molar-refractivity contribution in [2.24, 2.45) is 0 Å². The van der Waals surface area contributed by atoms with Crippen LogP contribution in [0.4, 0.5) is 4.39 Å². The molecule has 0 amide bonds. The molecule has 2 aromatic carbocycles. The van der Waals surface area contributed by atoms with Crippen LogP contribution < -0.4 is 0 Å². The smallest absolute Gasteiger partial charge is 0.123 e. The average molecular weight is 288 g/mol. The molecule has 22 heavy (non-hydrogen) atoms. The minimum atomic E-state index is -0.214. The number of hydrogen-bond acceptors (Lipinski definition) is 0. The summed E-state index contributed by atoms with van der Waals surface area (Å²) in [6, 6.07) is 15.2. The van der Waals surface area contributed by atoms with E-state index in [1.807, 2.05) is 12.1 Å². The molecule has 0 unspecified atom stereocenters. The molecule has 1 saturated carbocycles. The minimum Gasteiger partial charge on any atom is -0.207 e. The molecule has 0 heterocycles. The summed E-state index contributed by atoms with van der Waals surface area (Å²) in [5, 5.41) is 0. The maximum Gasteiger partial charge on any atom is 0.123 e. The van der Waals surface area contributed by atoms with Gasteiger partial charge in [0.15, 0.2) is 0 Å². The summed E-state index contributed by atoms with van der Waals surface area (Å²) < 4.78 is 13.3. The lowest BCUT2D eigenvalue weighted by atomic mass is 9.76. The van der Waals surface area contributed by atoms with Crippen LogP contribution in [0.15, 0.2) is 54.1 Å². The Kier molecular flexibility index (Phi) is 2.94. The first-order valence-electron chi connectivity index (χ1n) is 7.83. The lowest BCUT2D eigenvalue weighted by Gasteiger charge is -2.26. The first kappa shape index (κ1) is 13.3. The van der Waals surface area contributed by atoms with Gasteiger partial charge in [-0.1, -0.05) is 55.2 Å². The molecule has 0 nitrogen and oxygen atoms in total. The predicted molar refractivity (Wildman–Crippen MR) is 87.8 cm³/mol. The number of benzene rings is 2. The maximum absolute atomic E-state index is 13.3. The lowest BCUT2D eigenvalue weighted by Crippen LogP contribution is -2.21. The van der Waals surface area contributed by atoms with Gasteiger partial charge >= 0.3 is 0 Å². The quantitative estimate of drug-likeness (QED) is 0.641. The zero-order valence-corrected chi connectivity index (χ0v) is 12.4. The van der Waals surface area contributed by atoms with Crippen molar-refractivity contribution >= 4 is 5.57 Å². The van der Waals surface area contributed by atoms with Gasteiger partial charge in [-0.15, -0.1) is 6.42 Å². The fraction of sp³-hybridized carbons (Fsp3) is 0.238. The molecule has 0 aromatic heterocycles. The van der Waals surface area contributed by atoms with E-state index in [9.17, 15) is 4.39 Å². The normalized spacial score (nSPS) is 18.5. The van der Waals surface area contributed by atoms with Gasteiger partial charge in [-0.25, -0.2) is 4.39 Å². The van der Waals surface area contributed by atoms with Gasteiger partial charge in [0, 0.05) is 16.6 Å². The molecule has 0 saturated heterocycles. The highest BCUT2D eigenvalue weighted by Gasteiger charge is 2.46. The molecule has 0 atom stereocenters. The lowest BCUT2D eigenvalue weighted by molar-refractivity contribution is 0.548. The maximum atomic E-state index is 13.3. The van der Waals surface area contributed by atoms with E-state index in [0.29, 0.717) is 0 Å². The third kappa shape index (κ3) is 1.70. The monoisotopic (exact) mass is 288 g/mol. The molecular formula is C21H17F. The Balaban J connectivity index is 2.02. The summed E-state index contributed by atoms with van der Waals surface area (Å²) in [6.45, 7) is 0. The van der Waals surface area contributed by atoms with Crippen LogP contribution in [0.1, 0.15) is 42.4 Å². The summed E-state index contributed by atoms with van der Waals surface area (Å²) in [5.74, 6) is 2.78. The Morgan fingerprint density at radius 2 is 1.64 bits per heavy atom. The molecule has 1 spiro atoms. The van der Waals surface area contributed by atoms with Crippen LogP contribution in [-0.4, -0.2) is 0 Å². The average Bonchev–Trinajstić information content (AvgIpc) is 3.14. The predicted octanol–water partition coefficient (Wildman–Crippen LogP) is 5.09. The van der Waals surface area contributed by atoms with E-state index in [1.165, 1.54) is 36.1 Å². The number of terminal acetylenes is 1. The fourth-order valence-corrected chi connectivity index (χ4v) is 4.25. The van der Waals surface area contributed by atoms with Crippen molar-refractivity contribution in [1.82, 2.24) is 0 Å². The summed E-state index contributed by atoms with van der Waals surface area (Å²) in [7, 11) is 0. The van der Waals surface area contributed by atoms with Crippen LogP contribution in [-0.2, 0) is 5.41 Å². The van der Waals surface area contributed by atoms with Crippen LogP contribution in [0.25, 0.3) is 5.57 Å². The van der Waals surface area contributed by atoms with Crippen molar-refractivity contribution in [3.8, 4) is 12.3 Å². The number of halogens is 1. The second-order valence-electron chi connectivity index (χ2n) is 6.24. The molecule has 0 radical (unpaired) electrons. The molecule has 2 aliphatic carbocycles. The fourth-order valence-electron chi connectivity index (χ4n) is 4.25. The first-order chi connectivity index (χ1) is 10.8. The van der Waals surface area contributed by atoms with E-state index >= 15 is 0 Å². The molecule has 108 valence electrons. The van der Waals surface area contributed by atoms with Crippen molar-refractivity contribution in [3.63, 3.8) is 0 Å². The second kappa shape index (κ2) is 4.85. The number of hydrogen-bond donors (Lipinski definition) is 0. The second-order valence-corrected chi connectivity index (χ2v) is 6.24. The van der Waals surface area contributed by atoms with E-state index in [0.717, 1.165) is 29.6 Å². The molecule has 2 aliphatic rings.